The van der Waals surface area contributed by atoms with Crippen LogP contribution in [-0.4, -0.2) is 31.0 Å². The van der Waals surface area contributed by atoms with Gasteiger partial charge in [0.25, 0.3) is 6.43 Å². The van der Waals surface area contributed by atoms with Gasteiger partial charge in [-0.15, -0.1) is 0 Å². The van der Waals surface area contributed by atoms with Crippen LogP contribution >= 0.6 is 0 Å². The fourth-order valence-electron chi connectivity index (χ4n) is 1.58. The number of halogens is 2. The van der Waals surface area contributed by atoms with Crippen LogP contribution < -0.4 is 0 Å². The van der Waals surface area contributed by atoms with Crippen LogP contribution in [0.5, 0.6) is 0 Å². The molecular weight excluding hydrogens is 196 g/mol. The highest BCUT2D eigenvalue weighted by atomic mass is 19.3. The number of hydrogen-bond acceptors (Lipinski definition) is 1. The molecule has 1 heterocycles. The molecule has 1 nitrogen and oxygen atoms in total. The first-order valence-electron chi connectivity index (χ1n) is 6.00. The van der Waals surface area contributed by atoms with Crippen LogP contribution in [0.3, 0.4) is 0 Å². The maximum Gasteiger partial charge on any atom is 0.251 e. The van der Waals surface area contributed by atoms with E-state index in [2.05, 4.69) is 13.8 Å². The molecule has 0 aromatic rings. The predicted octanol–water partition coefficient (Wildman–Crippen LogP) is 4.04. The molecule has 0 unspecified atom stereocenters. The van der Waals surface area contributed by atoms with Crippen LogP contribution in [0.2, 0.25) is 0 Å². The second-order valence-electron chi connectivity index (χ2n) is 4.04. The quantitative estimate of drug-likeness (QED) is 0.683. The van der Waals surface area contributed by atoms with Gasteiger partial charge in [0.1, 0.15) is 0 Å². The largest absolute Gasteiger partial charge is 0.297 e. The lowest BCUT2D eigenvalue weighted by Crippen LogP contribution is -2.28. The van der Waals surface area contributed by atoms with E-state index in [0.717, 1.165) is 19.5 Å². The average Bonchev–Trinajstić information content (AvgIpc) is 2.51. The highest BCUT2D eigenvalue weighted by Gasteiger charge is 2.30. The Labute approximate surface area is 93.9 Å². The molecule has 1 fully saturated rings. The fraction of sp³-hybridized carbons (Fsp3) is 1.00. The van der Waals surface area contributed by atoms with Gasteiger partial charge in [-0.05, 0) is 18.4 Å². The van der Waals surface area contributed by atoms with Crippen molar-refractivity contribution in [3.63, 3.8) is 0 Å². The van der Waals surface area contributed by atoms with Gasteiger partial charge in [0, 0.05) is 6.54 Å². The van der Waals surface area contributed by atoms with Gasteiger partial charge in [-0.3, -0.25) is 4.90 Å². The summed E-state index contributed by atoms with van der Waals surface area (Å²) in [5.74, 6) is 0. The highest BCUT2D eigenvalue weighted by molar-refractivity contribution is 4.82. The summed E-state index contributed by atoms with van der Waals surface area (Å²) in [5, 5.41) is 0. The van der Waals surface area contributed by atoms with Crippen LogP contribution in [-0.2, 0) is 0 Å². The summed E-state index contributed by atoms with van der Waals surface area (Å²) >= 11 is 0. The van der Waals surface area contributed by atoms with Crippen molar-refractivity contribution in [1.29, 1.82) is 0 Å². The SMILES string of the molecule is CC.CC.CC1(C)CCN(CC(F)F)C1. The van der Waals surface area contributed by atoms with E-state index in [0.29, 0.717) is 0 Å². The van der Waals surface area contributed by atoms with E-state index in [4.69, 9.17) is 0 Å². The molecule has 0 aromatic carbocycles. The summed E-state index contributed by atoms with van der Waals surface area (Å²) in [5.41, 5.74) is 0.245. The number of nitrogens with zero attached hydrogens (tertiary/aromatic N) is 1. The highest BCUT2D eigenvalue weighted by Crippen LogP contribution is 2.28. The molecule has 1 aliphatic rings. The van der Waals surface area contributed by atoms with Crippen molar-refractivity contribution in [3.8, 4) is 0 Å². The van der Waals surface area contributed by atoms with Crippen LogP contribution in [0.1, 0.15) is 48.0 Å². The number of likely N-dealkylation sites (tertiary alicyclic amines) is 1. The van der Waals surface area contributed by atoms with E-state index in [1.54, 1.807) is 0 Å². The molecule has 1 aliphatic heterocycles. The molecule has 0 aromatic heterocycles. The van der Waals surface area contributed by atoms with Crippen molar-refractivity contribution >= 4 is 0 Å². The Hall–Kier alpha value is -0.180. The number of rotatable bonds is 2. The minimum absolute atomic E-state index is 0.0522. The van der Waals surface area contributed by atoms with Gasteiger partial charge in [-0.2, -0.15) is 0 Å². The molecule has 0 aliphatic carbocycles. The van der Waals surface area contributed by atoms with Gasteiger partial charge < -0.3 is 0 Å². The van der Waals surface area contributed by atoms with Crippen molar-refractivity contribution in [2.45, 2.75) is 54.4 Å². The molecule has 94 valence electrons. The van der Waals surface area contributed by atoms with Gasteiger partial charge in [-0.1, -0.05) is 41.5 Å². The van der Waals surface area contributed by atoms with E-state index in [9.17, 15) is 8.78 Å². The van der Waals surface area contributed by atoms with E-state index in [1.807, 2.05) is 32.6 Å². The first-order chi connectivity index (χ1) is 6.99. The Balaban J connectivity index is 0. The third-order valence-electron chi connectivity index (χ3n) is 2.15. The minimum Gasteiger partial charge on any atom is -0.297 e. The third kappa shape index (κ3) is 8.79. The van der Waals surface area contributed by atoms with Crippen molar-refractivity contribution in [3.05, 3.63) is 0 Å². The zero-order valence-corrected chi connectivity index (χ0v) is 11.1. The van der Waals surface area contributed by atoms with Crippen LogP contribution in [0.15, 0.2) is 0 Å². The standard InChI is InChI=1S/C8H15F2N.2C2H6/c1-8(2)3-4-11(6-8)5-7(9)10;2*1-2/h7H,3-6H2,1-2H3;2*1-2H3. The summed E-state index contributed by atoms with van der Waals surface area (Å²) < 4.78 is 23.8. The Kier molecular flexibility index (Phi) is 10.4. The molecule has 0 amide bonds. The monoisotopic (exact) mass is 223 g/mol. The van der Waals surface area contributed by atoms with Gasteiger partial charge in [0.2, 0.25) is 0 Å². The maximum absolute atomic E-state index is 11.9. The lowest BCUT2D eigenvalue weighted by molar-refractivity contribution is 0.0953. The molecule has 1 saturated heterocycles. The van der Waals surface area contributed by atoms with Crippen molar-refractivity contribution < 1.29 is 8.78 Å². The Bertz CT molecular complexity index is 136. The zero-order valence-electron chi connectivity index (χ0n) is 11.1. The molecule has 0 N–H and O–H groups in total. The molecule has 0 bridgehead atoms. The fourth-order valence-corrected chi connectivity index (χ4v) is 1.58. The van der Waals surface area contributed by atoms with Gasteiger partial charge >= 0.3 is 0 Å². The molecule has 0 radical (unpaired) electrons. The third-order valence-corrected chi connectivity index (χ3v) is 2.15. The summed E-state index contributed by atoms with van der Waals surface area (Å²) in [7, 11) is 0. The van der Waals surface area contributed by atoms with E-state index in [-0.39, 0.29) is 12.0 Å². The Morgan fingerprint density at radius 2 is 1.60 bits per heavy atom. The first-order valence-corrected chi connectivity index (χ1v) is 6.00. The molecular formula is C12H27F2N. The first kappa shape index (κ1) is 17.2. The summed E-state index contributed by atoms with van der Waals surface area (Å²) in [6.45, 7) is 13.8. The van der Waals surface area contributed by atoms with E-state index >= 15 is 0 Å². The molecule has 0 spiro atoms. The molecule has 1 rings (SSSR count). The van der Waals surface area contributed by atoms with Crippen molar-refractivity contribution in [2.24, 2.45) is 5.41 Å². The zero-order chi connectivity index (χ0) is 12.5. The van der Waals surface area contributed by atoms with Crippen LogP contribution in [0.4, 0.5) is 8.78 Å². The lowest BCUT2D eigenvalue weighted by atomic mass is 9.93. The van der Waals surface area contributed by atoms with Crippen LogP contribution in [0.25, 0.3) is 0 Å². The molecule has 0 saturated carbocycles. The predicted molar refractivity (Wildman–Crippen MR) is 63.5 cm³/mol. The van der Waals surface area contributed by atoms with Gasteiger partial charge in [0.15, 0.2) is 0 Å². The average molecular weight is 223 g/mol. The second kappa shape index (κ2) is 9.08. The molecule has 0 atom stereocenters. The summed E-state index contributed by atoms with van der Waals surface area (Å²) in [4.78, 5) is 1.84. The lowest BCUT2D eigenvalue weighted by Gasteiger charge is -2.18. The van der Waals surface area contributed by atoms with Gasteiger partial charge in [0.05, 0.1) is 6.54 Å². The minimum atomic E-state index is -2.18. The van der Waals surface area contributed by atoms with E-state index in [1.165, 1.54) is 0 Å². The van der Waals surface area contributed by atoms with Crippen molar-refractivity contribution in [2.75, 3.05) is 19.6 Å². The molecule has 3 heteroatoms. The molecule has 15 heavy (non-hydrogen) atoms. The normalized spacial score (nSPS) is 19.0. The number of hydrogen-bond donors (Lipinski definition) is 0. The summed E-state index contributed by atoms with van der Waals surface area (Å²) in [6.07, 6.45) is -1.14. The summed E-state index contributed by atoms with van der Waals surface area (Å²) in [6, 6.07) is 0. The van der Waals surface area contributed by atoms with Crippen LogP contribution in [0, 0.1) is 5.41 Å². The smallest absolute Gasteiger partial charge is 0.251 e. The Morgan fingerprint density at radius 1 is 1.13 bits per heavy atom. The van der Waals surface area contributed by atoms with Gasteiger partial charge in [-0.25, -0.2) is 8.78 Å². The van der Waals surface area contributed by atoms with Crippen molar-refractivity contribution in [1.82, 2.24) is 4.90 Å². The topological polar surface area (TPSA) is 3.24 Å². The Morgan fingerprint density at radius 3 is 1.87 bits per heavy atom. The number of alkyl halides is 2. The maximum atomic E-state index is 11.9. The second-order valence-corrected chi connectivity index (χ2v) is 4.04. The van der Waals surface area contributed by atoms with E-state index < -0.39 is 6.43 Å².